The molecule has 0 radical (unpaired) electrons. The standard InChI is InChI=1S/C16H36N2/c1-7-15(8-2)17-11-12-18(13-14(5)6)16(9-3)10-4/h14-17H,7-13H2,1-6H3. The van der Waals surface area contributed by atoms with E-state index in [0.29, 0.717) is 6.04 Å². The molecular formula is C16H36N2. The summed E-state index contributed by atoms with van der Waals surface area (Å²) in [6, 6.07) is 1.46. The van der Waals surface area contributed by atoms with Crippen molar-refractivity contribution < 1.29 is 0 Å². The van der Waals surface area contributed by atoms with E-state index in [1.165, 1.54) is 38.8 Å². The molecule has 0 aromatic heterocycles. The number of hydrogen-bond acceptors (Lipinski definition) is 2. The van der Waals surface area contributed by atoms with Crippen LogP contribution in [0.15, 0.2) is 0 Å². The van der Waals surface area contributed by atoms with Crippen LogP contribution < -0.4 is 5.32 Å². The van der Waals surface area contributed by atoms with Crippen LogP contribution in [0.5, 0.6) is 0 Å². The van der Waals surface area contributed by atoms with Gasteiger partial charge in [-0.3, -0.25) is 4.90 Å². The highest BCUT2D eigenvalue weighted by Crippen LogP contribution is 2.11. The van der Waals surface area contributed by atoms with Gasteiger partial charge >= 0.3 is 0 Å². The van der Waals surface area contributed by atoms with Gasteiger partial charge in [0.15, 0.2) is 0 Å². The highest BCUT2D eigenvalue weighted by Gasteiger charge is 2.16. The maximum absolute atomic E-state index is 3.68. The predicted octanol–water partition coefficient (Wildman–Crippen LogP) is 3.91. The molecule has 0 spiro atoms. The van der Waals surface area contributed by atoms with Gasteiger partial charge in [-0.25, -0.2) is 0 Å². The first kappa shape index (κ1) is 17.9. The van der Waals surface area contributed by atoms with Crippen molar-refractivity contribution in [2.45, 2.75) is 79.3 Å². The monoisotopic (exact) mass is 256 g/mol. The third-order valence-electron chi connectivity index (χ3n) is 3.88. The summed E-state index contributed by atoms with van der Waals surface area (Å²) >= 11 is 0. The van der Waals surface area contributed by atoms with Gasteiger partial charge in [0, 0.05) is 31.7 Å². The molecule has 0 heterocycles. The van der Waals surface area contributed by atoms with E-state index in [-0.39, 0.29) is 0 Å². The third kappa shape index (κ3) is 7.38. The zero-order chi connectivity index (χ0) is 14.0. The van der Waals surface area contributed by atoms with E-state index >= 15 is 0 Å². The molecule has 0 aromatic rings. The molecule has 0 amide bonds. The van der Waals surface area contributed by atoms with E-state index in [1.54, 1.807) is 0 Å². The van der Waals surface area contributed by atoms with Crippen LogP contribution in [-0.2, 0) is 0 Å². The Hall–Kier alpha value is -0.0800. The molecule has 0 fully saturated rings. The molecule has 2 heteroatoms. The molecule has 0 aliphatic heterocycles. The molecule has 0 aliphatic rings. The highest BCUT2D eigenvalue weighted by atomic mass is 15.2. The average Bonchev–Trinajstić information content (AvgIpc) is 2.35. The van der Waals surface area contributed by atoms with Crippen molar-refractivity contribution in [2.75, 3.05) is 19.6 Å². The Morgan fingerprint density at radius 2 is 1.44 bits per heavy atom. The van der Waals surface area contributed by atoms with Crippen LogP contribution in [-0.4, -0.2) is 36.6 Å². The number of nitrogens with one attached hydrogen (secondary N) is 1. The topological polar surface area (TPSA) is 15.3 Å². The van der Waals surface area contributed by atoms with Gasteiger partial charge in [-0.2, -0.15) is 0 Å². The van der Waals surface area contributed by atoms with E-state index in [9.17, 15) is 0 Å². The molecule has 0 saturated heterocycles. The molecule has 0 aliphatic carbocycles. The summed E-state index contributed by atoms with van der Waals surface area (Å²) in [6.07, 6.45) is 5.03. The zero-order valence-electron chi connectivity index (χ0n) is 13.6. The Kier molecular flexibility index (Phi) is 10.8. The Bertz CT molecular complexity index is 172. The van der Waals surface area contributed by atoms with Crippen molar-refractivity contribution in [3.05, 3.63) is 0 Å². The van der Waals surface area contributed by atoms with Crippen molar-refractivity contribution in [3.8, 4) is 0 Å². The fraction of sp³-hybridized carbons (Fsp3) is 1.00. The predicted molar refractivity (Wildman–Crippen MR) is 83.2 cm³/mol. The summed E-state index contributed by atoms with van der Waals surface area (Å²) in [7, 11) is 0. The van der Waals surface area contributed by atoms with Gasteiger partial charge < -0.3 is 5.32 Å². The van der Waals surface area contributed by atoms with Gasteiger partial charge in [-0.1, -0.05) is 41.5 Å². The van der Waals surface area contributed by atoms with E-state index in [1.807, 2.05) is 0 Å². The lowest BCUT2D eigenvalue weighted by atomic mass is 10.1. The maximum Gasteiger partial charge on any atom is 0.0110 e. The fourth-order valence-electron chi connectivity index (χ4n) is 2.69. The van der Waals surface area contributed by atoms with Crippen molar-refractivity contribution in [1.29, 1.82) is 0 Å². The van der Waals surface area contributed by atoms with E-state index < -0.39 is 0 Å². The molecular weight excluding hydrogens is 220 g/mol. The second-order valence-corrected chi connectivity index (χ2v) is 5.83. The Balaban J connectivity index is 4.15. The second kappa shape index (κ2) is 10.8. The molecule has 1 N–H and O–H groups in total. The lowest BCUT2D eigenvalue weighted by Gasteiger charge is -2.32. The van der Waals surface area contributed by atoms with E-state index in [2.05, 4.69) is 51.8 Å². The van der Waals surface area contributed by atoms with Gasteiger partial charge in [-0.15, -0.1) is 0 Å². The first-order valence-corrected chi connectivity index (χ1v) is 8.06. The average molecular weight is 256 g/mol. The Morgan fingerprint density at radius 1 is 0.889 bits per heavy atom. The molecule has 0 atom stereocenters. The van der Waals surface area contributed by atoms with E-state index in [0.717, 1.165) is 18.5 Å². The summed E-state index contributed by atoms with van der Waals surface area (Å²) in [5.41, 5.74) is 0. The minimum Gasteiger partial charge on any atom is -0.313 e. The smallest absolute Gasteiger partial charge is 0.0110 e. The van der Waals surface area contributed by atoms with Crippen LogP contribution in [0.2, 0.25) is 0 Å². The highest BCUT2D eigenvalue weighted by molar-refractivity contribution is 4.72. The zero-order valence-corrected chi connectivity index (χ0v) is 13.6. The SMILES string of the molecule is CCC(CC)NCCN(CC(C)C)C(CC)CC. The molecule has 2 nitrogen and oxygen atoms in total. The minimum atomic E-state index is 0.701. The molecule has 18 heavy (non-hydrogen) atoms. The van der Waals surface area contributed by atoms with Crippen LogP contribution in [0.1, 0.15) is 67.2 Å². The van der Waals surface area contributed by atoms with Crippen molar-refractivity contribution in [1.82, 2.24) is 10.2 Å². The summed E-state index contributed by atoms with van der Waals surface area (Å²) < 4.78 is 0. The van der Waals surface area contributed by atoms with Gasteiger partial charge in [0.2, 0.25) is 0 Å². The van der Waals surface area contributed by atoms with Crippen molar-refractivity contribution in [3.63, 3.8) is 0 Å². The van der Waals surface area contributed by atoms with Gasteiger partial charge in [0.1, 0.15) is 0 Å². The largest absolute Gasteiger partial charge is 0.313 e. The van der Waals surface area contributed by atoms with Crippen LogP contribution in [0.3, 0.4) is 0 Å². The second-order valence-electron chi connectivity index (χ2n) is 5.83. The van der Waals surface area contributed by atoms with Crippen LogP contribution in [0.25, 0.3) is 0 Å². The van der Waals surface area contributed by atoms with Gasteiger partial charge in [0.25, 0.3) is 0 Å². The molecule has 0 bridgehead atoms. The summed E-state index contributed by atoms with van der Waals surface area (Å²) in [6.45, 7) is 17.4. The fourth-order valence-corrected chi connectivity index (χ4v) is 2.69. The third-order valence-corrected chi connectivity index (χ3v) is 3.88. The van der Waals surface area contributed by atoms with Crippen molar-refractivity contribution >= 4 is 0 Å². The summed E-state index contributed by atoms with van der Waals surface area (Å²) in [4.78, 5) is 2.68. The van der Waals surface area contributed by atoms with Gasteiger partial charge in [-0.05, 0) is 31.6 Å². The van der Waals surface area contributed by atoms with E-state index in [4.69, 9.17) is 0 Å². The number of hydrogen-bond donors (Lipinski definition) is 1. The maximum atomic E-state index is 3.68. The summed E-state index contributed by atoms with van der Waals surface area (Å²) in [5, 5.41) is 3.68. The van der Waals surface area contributed by atoms with Crippen LogP contribution >= 0.6 is 0 Å². The van der Waals surface area contributed by atoms with Crippen LogP contribution in [0.4, 0.5) is 0 Å². The first-order chi connectivity index (χ1) is 8.58. The molecule has 110 valence electrons. The van der Waals surface area contributed by atoms with Crippen molar-refractivity contribution in [2.24, 2.45) is 5.92 Å². The Labute approximate surface area is 116 Å². The molecule has 0 rings (SSSR count). The van der Waals surface area contributed by atoms with Gasteiger partial charge in [0.05, 0.1) is 0 Å². The lowest BCUT2D eigenvalue weighted by Crippen LogP contribution is -2.43. The first-order valence-electron chi connectivity index (χ1n) is 8.06. The summed E-state index contributed by atoms with van der Waals surface area (Å²) in [5.74, 6) is 0.763. The quantitative estimate of drug-likeness (QED) is 0.603. The Morgan fingerprint density at radius 3 is 1.83 bits per heavy atom. The molecule has 0 saturated carbocycles. The molecule has 0 aromatic carbocycles. The normalized spacial score (nSPS) is 12.3. The molecule has 0 unspecified atom stereocenters. The van der Waals surface area contributed by atoms with Crippen LogP contribution in [0, 0.1) is 5.92 Å². The lowest BCUT2D eigenvalue weighted by molar-refractivity contribution is 0.164. The number of rotatable bonds is 11. The number of nitrogens with zero attached hydrogens (tertiary/aromatic N) is 1. The minimum absolute atomic E-state index is 0.701.